The fourth-order valence-electron chi connectivity index (χ4n) is 2.89. The minimum absolute atomic E-state index is 0.488. The van der Waals surface area contributed by atoms with Crippen molar-refractivity contribution >= 4 is 23.7 Å². The largest absolute Gasteiger partial charge is 0.497 e. The number of aryl methyl sites for hydroxylation is 3. The summed E-state index contributed by atoms with van der Waals surface area (Å²) >= 11 is 0. The Morgan fingerprint density at radius 2 is 1.37 bits per heavy atom. The lowest BCUT2D eigenvalue weighted by Crippen LogP contribution is -2.25. The van der Waals surface area contributed by atoms with E-state index in [0.29, 0.717) is 25.9 Å². The summed E-state index contributed by atoms with van der Waals surface area (Å²) in [6.45, 7) is 7.27. The van der Waals surface area contributed by atoms with Gasteiger partial charge in [-0.25, -0.2) is 0 Å². The molecule has 2 amide bonds. The molecule has 3 aromatic carbocycles. The molecule has 6 heteroatoms. The van der Waals surface area contributed by atoms with E-state index in [1.54, 1.807) is 7.11 Å². The van der Waals surface area contributed by atoms with Gasteiger partial charge in [0.25, 0.3) is 0 Å². The Morgan fingerprint density at radius 3 is 1.80 bits per heavy atom. The maximum absolute atomic E-state index is 9.54. The normalized spacial score (nSPS) is 9.14. The van der Waals surface area contributed by atoms with Crippen LogP contribution in [0.1, 0.15) is 23.7 Å². The van der Waals surface area contributed by atoms with Gasteiger partial charge in [0.05, 0.1) is 7.11 Å². The molecule has 35 heavy (non-hydrogen) atoms. The first-order valence-electron chi connectivity index (χ1n) is 11.6. The molecule has 0 aliphatic heterocycles. The Labute approximate surface area is 208 Å². The van der Waals surface area contributed by atoms with Crippen LogP contribution in [0.5, 0.6) is 5.75 Å². The molecule has 1 heterocycles. The number of benzene rings is 3. The zero-order valence-corrected chi connectivity index (χ0v) is 21.1. The van der Waals surface area contributed by atoms with Gasteiger partial charge in [0, 0.05) is 29.7 Å². The van der Waals surface area contributed by atoms with Gasteiger partial charge >= 0.3 is 0 Å². The smallest absolute Gasteiger partial charge is 0.207 e. The number of hydrogen-bond acceptors (Lipinski definition) is 3. The summed E-state index contributed by atoms with van der Waals surface area (Å²) in [5.74, 6) is 0.904. The first kappa shape index (κ1) is 29.0. The summed E-state index contributed by atoms with van der Waals surface area (Å²) in [7, 11) is 1.68. The lowest BCUT2D eigenvalue weighted by atomic mass is 10.2. The van der Waals surface area contributed by atoms with Crippen LogP contribution in [0.3, 0.4) is 0 Å². The van der Waals surface area contributed by atoms with Crippen LogP contribution in [-0.2, 0) is 16.0 Å². The number of aromatic nitrogens is 1. The fraction of sp³-hybridized carbons (Fsp3) is 0.241. The number of rotatable bonds is 7. The van der Waals surface area contributed by atoms with E-state index in [1.165, 1.54) is 22.2 Å². The van der Waals surface area contributed by atoms with E-state index in [1.807, 2.05) is 49.4 Å². The van der Waals surface area contributed by atoms with E-state index in [-0.39, 0.29) is 0 Å². The standard InChI is InChI=1S/C10H11NO.C8H10.C7H8.C4H8N2O2/c1-7-5-8-6-9(12-2)3-4-10(8)11-7;1-2-8-6-4-3-5-7-8;1-7-5-3-2-4-6-7;7-3-5-1-2-6-4-8/h3-6,11H,1-2H3;3-7H,2H2,1H3;2-6H,1H3;3-4H,1-2H2,(H,5,7)(H,6,8). The van der Waals surface area contributed by atoms with Gasteiger partial charge in [-0.15, -0.1) is 0 Å². The SMILES string of the molecule is CCc1ccccc1.COc1ccc2[nH]c(C)cc2c1.Cc1ccccc1.O=CNCCNC=O. The van der Waals surface area contributed by atoms with Crippen molar-refractivity contribution in [3.8, 4) is 5.75 Å². The van der Waals surface area contributed by atoms with E-state index >= 15 is 0 Å². The molecule has 0 atom stereocenters. The molecule has 0 saturated heterocycles. The first-order valence-corrected chi connectivity index (χ1v) is 11.6. The summed E-state index contributed by atoms with van der Waals surface area (Å²) in [6.07, 6.45) is 2.32. The monoisotopic (exact) mass is 475 g/mol. The number of ether oxygens (including phenoxy) is 1. The number of H-pyrrole nitrogens is 1. The van der Waals surface area contributed by atoms with Crippen LogP contribution in [-0.4, -0.2) is 38.0 Å². The van der Waals surface area contributed by atoms with Crippen molar-refractivity contribution in [3.63, 3.8) is 0 Å². The number of aromatic amines is 1. The summed E-state index contributed by atoms with van der Waals surface area (Å²) in [6, 6.07) is 28.8. The Kier molecular flexibility index (Phi) is 15.2. The molecule has 4 rings (SSSR count). The summed E-state index contributed by atoms with van der Waals surface area (Å²) in [5, 5.41) is 5.96. The molecule has 186 valence electrons. The summed E-state index contributed by atoms with van der Waals surface area (Å²) in [4.78, 5) is 22.3. The third-order valence-electron chi connectivity index (χ3n) is 4.73. The third-order valence-corrected chi connectivity index (χ3v) is 4.73. The topological polar surface area (TPSA) is 83.2 Å². The minimum atomic E-state index is 0.488. The van der Waals surface area contributed by atoms with Crippen LogP contribution in [0.2, 0.25) is 0 Å². The Balaban J connectivity index is 0.000000240. The number of nitrogens with one attached hydrogen (secondary N) is 3. The average Bonchev–Trinajstić information content (AvgIpc) is 3.28. The molecule has 0 aliphatic rings. The van der Waals surface area contributed by atoms with Gasteiger partial charge in [-0.1, -0.05) is 73.2 Å². The van der Waals surface area contributed by atoms with Crippen molar-refractivity contribution in [2.75, 3.05) is 20.2 Å². The predicted molar refractivity (Wildman–Crippen MR) is 145 cm³/mol. The van der Waals surface area contributed by atoms with Crippen molar-refractivity contribution in [2.45, 2.75) is 27.2 Å². The molecule has 0 unspecified atom stereocenters. The van der Waals surface area contributed by atoms with Gasteiger partial charge in [-0.2, -0.15) is 0 Å². The number of hydrogen-bond donors (Lipinski definition) is 3. The molecule has 0 radical (unpaired) electrons. The molecule has 0 bridgehead atoms. The van der Waals surface area contributed by atoms with Crippen molar-refractivity contribution < 1.29 is 14.3 Å². The van der Waals surface area contributed by atoms with Crippen LogP contribution in [0.15, 0.2) is 84.9 Å². The molecular formula is C29H37N3O3. The summed E-state index contributed by atoms with van der Waals surface area (Å²) < 4.78 is 5.12. The van der Waals surface area contributed by atoms with Crippen molar-refractivity contribution in [1.82, 2.24) is 15.6 Å². The van der Waals surface area contributed by atoms with Crippen LogP contribution in [0.25, 0.3) is 10.9 Å². The second-order valence-corrected chi connectivity index (χ2v) is 7.54. The molecular weight excluding hydrogens is 438 g/mol. The van der Waals surface area contributed by atoms with E-state index in [0.717, 1.165) is 17.7 Å². The van der Waals surface area contributed by atoms with Crippen molar-refractivity contribution in [3.05, 3.63) is 102 Å². The zero-order valence-electron chi connectivity index (χ0n) is 21.1. The first-order chi connectivity index (χ1) is 17.0. The second kappa shape index (κ2) is 18.4. The van der Waals surface area contributed by atoms with E-state index in [2.05, 4.69) is 71.9 Å². The van der Waals surface area contributed by atoms with Crippen molar-refractivity contribution in [1.29, 1.82) is 0 Å². The fourth-order valence-corrected chi connectivity index (χ4v) is 2.89. The van der Waals surface area contributed by atoms with Crippen LogP contribution >= 0.6 is 0 Å². The number of carbonyl (C=O) groups excluding carboxylic acids is 2. The maximum atomic E-state index is 9.54. The molecule has 0 fully saturated rings. The lowest BCUT2D eigenvalue weighted by molar-refractivity contribution is -0.111. The van der Waals surface area contributed by atoms with Crippen LogP contribution in [0, 0.1) is 13.8 Å². The number of fused-ring (bicyclic) bond motifs is 1. The number of amides is 2. The number of carbonyl (C=O) groups is 2. The highest BCUT2D eigenvalue weighted by molar-refractivity contribution is 5.81. The Hall–Kier alpha value is -4.06. The molecule has 4 aromatic rings. The summed E-state index contributed by atoms with van der Waals surface area (Å²) in [5.41, 5.74) is 5.07. The highest BCUT2D eigenvalue weighted by Crippen LogP contribution is 2.20. The Bertz CT molecular complexity index is 1070. The van der Waals surface area contributed by atoms with Gasteiger partial charge in [0.1, 0.15) is 5.75 Å². The van der Waals surface area contributed by atoms with Gasteiger partial charge in [-0.05, 0) is 50.1 Å². The van der Waals surface area contributed by atoms with Gasteiger partial charge in [0.15, 0.2) is 0 Å². The van der Waals surface area contributed by atoms with Gasteiger partial charge in [-0.3, -0.25) is 9.59 Å². The van der Waals surface area contributed by atoms with Gasteiger partial charge < -0.3 is 20.4 Å². The third kappa shape index (κ3) is 13.3. The number of methoxy groups -OCH3 is 1. The Morgan fingerprint density at radius 1 is 0.800 bits per heavy atom. The quantitative estimate of drug-likeness (QED) is 0.254. The van der Waals surface area contributed by atoms with Crippen molar-refractivity contribution in [2.24, 2.45) is 0 Å². The lowest BCUT2D eigenvalue weighted by Gasteiger charge is -1.97. The highest BCUT2D eigenvalue weighted by atomic mass is 16.5. The van der Waals surface area contributed by atoms with Crippen LogP contribution < -0.4 is 15.4 Å². The minimum Gasteiger partial charge on any atom is -0.497 e. The van der Waals surface area contributed by atoms with E-state index in [4.69, 9.17) is 4.74 Å². The van der Waals surface area contributed by atoms with Crippen LogP contribution in [0.4, 0.5) is 0 Å². The maximum Gasteiger partial charge on any atom is 0.207 e. The van der Waals surface area contributed by atoms with E-state index in [9.17, 15) is 9.59 Å². The molecule has 0 spiro atoms. The zero-order chi connectivity index (χ0) is 25.7. The second-order valence-electron chi connectivity index (χ2n) is 7.54. The van der Waals surface area contributed by atoms with E-state index < -0.39 is 0 Å². The van der Waals surface area contributed by atoms with Gasteiger partial charge in [0.2, 0.25) is 12.8 Å². The highest BCUT2D eigenvalue weighted by Gasteiger charge is 1.98. The predicted octanol–water partition coefficient (Wildman–Crippen LogP) is 5.21. The average molecular weight is 476 g/mol. The molecule has 1 aromatic heterocycles. The molecule has 6 nitrogen and oxygen atoms in total. The molecule has 0 saturated carbocycles. The molecule has 0 aliphatic carbocycles. The molecule has 3 N–H and O–H groups in total.